The number of hydrogen-bond donors (Lipinski definition) is 1. The van der Waals surface area contributed by atoms with Crippen LogP contribution in [0.5, 0.6) is 0 Å². The number of carbonyl (C=O) groups excluding carboxylic acids is 2. The molecule has 4 aliphatic rings. The van der Waals surface area contributed by atoms with Crippen molar-refractivity contribution < 1.29 is 14.3 Å². The van der Waals surface area contributed by atoms with E-state index in [1.54, 1.807) is 0 Å². The number of rotatable bonds is 4. The number of halogens is 1. The van der Waals surface area contributed by atoms with Gasteiger partial charge in [0.15, 0.2) is 6.61 Å². The van der Waals surface area contributed by atoms with E-state index < -0.39 is 0 Å². The quantitative estimate of drug-likeness (QED) is 0.759. The van der Waals surface area contributed by atoms with Crippen LogP contribution in [0.25, 0.3) is 0 Å². The van der Waals surface area contributed by atoms with Crippen molar-refractivity contribution in [1.29, 1.82) is 0 Å². The molecule has 0 atom stereocenters. The second-order valence-corrected chi connectivity index (χ2v) is 8.99. The molecule has 1 aromatic carbocycles. The van der Waals surface area contributed by atoms with Gasteiger partial charge in [0.25, 0.3) is 5.91 Å². The van der Waals surface area contributed by atoms with E-state index in [2.05, 4.69) is 21.2 Å². The first-order chi connectivity index (χ1) is 12.0. The summed E-state index contributed by atoms with van der Waals surface area (Å²) in [6.45, 7) is 1.73. The Morgan fingerprint density at radius 2 is 1.76 bits per heavy atom. The van der Waals surface area contributed by atoms with Crippen molar-refractivity contribution in [2.24, 2.45) is 29.6 Å². The summed E-state index contributed by atoms with van der Waals surface area (Å²) in [6.07, 6.45) is 6.08. The fraction of sp³-hybridized carbons (Fsp3) is 0.600. The van der Waals surface area contributed by atoms with Gasteiger partial charge in [-0.1, -0.05) is 15.9 Å². The molecule has 0 radical (unpaired) electrons. The average molecular weight is 406 g/mol. The maximum absolute atomic E-state index is 12.6. The smallest absolute Gasteiger partial charge is 0.310 e. The van der Waals surface area contributed by atoms with E-state index in [9.17, 15) is 9.59 Å². The number of ether oxygens (including phenoxy) is 1. The Labute approximate surface area is 156 Å². The van der Waals surface area contributed by atoms with E-state index in [1.165, 1.54) is 32.1 Å². The van der Waals surface area contributed by atoms with Gasteiger partial charge < -0.3 is 10.1 Å². The Morgan fingerprint density at radius 1 is 1.12 bits per heavy atom. The zero-order chi connectivity index (χ0) is 17.6. The van der Waals surface area contributed by atoms with Gasteiger partial charge in [0, 0.05) is 10.2 Å². The van der Waals surface area contributed by atoms with Gasteiger partial charge in [-0.3, -0.25) is 9.59 Å². The first kappa shape index (κ1) is 17.1. The highest BCUT2D eigenvalue weighted by Gasteiger charge is 2.51. The Balaban J connectivity index is 1.32. The fourth-order valence-corrected chi connectivity index (χ4v) is 5.97. The van der Waals surface area contributed by atoms with Gasteiger partial charge in [0.05, 0.1) is 5.92 Å². The predicted molar refractivity (Wildman–Crippen MR) is 99.0 cm³/mol. The van der Waals surface area contributed by atoms with Gasteiger partial charge in [-0.2, -0.15) is 0 Å². The van der Waals surface area contributed by atoms with Crippen LogP contribution in [0.15, 0.2) is 22.7 Å². The van der Waals surface area contributed by atoms with Crippen molar-refractivity contribution in [2.75, 3.05) is 11.9 Å². The standard InChI is InChI=1S/C20H24BrNO3/c1-11-4-16(21)2-3-17(11)22-18(23)10-25-20(24)19-14-6-12-5-13(8-14)9-15(19)7-12/h2-4,12-15,19H,5-10H2,1H3,(H,22,23). The maximum atomic E-state index is 12.6. The van der Waals surface area contributed by atoms with Crippen molar-refractivity contribution in [2.45, 2.75) is 39.0 Å². The summed E-state index contributed by atoms with van der Waals surface area (Å²) >= 11 is 3.41. The highest BCUT2D eigenvalue weighted by molar-refractivity contribution is 9.10. The summed E-state index contributed by atoms with van der Waals surface area (Å²) in [5.74, 6) is 2.22. The minimum atomic E-state index is -0.275. The summed E-state index contributed by atoms with van der Waals surface area (Å²) in [5, 5.41) is 2.82. The van der Waals surface area contributed by atoms with Crippen LogP contribution in [0.4, 0.5) is 5.69 Å². The van der Waals surface area contributed by atoms with Crippen LogP contribution in [0, 0.1) is 36.5 Å². The van der Waals surface area contributed by atoms with Crippen LogP contribution < -0.4 is 5.32 Å². The average Bonchev–Trinajstić information content (AvgIpc) is 2.54. The molecule has 0 spiro atoms. The van der Waals surface area contributed by atoms with E-state index in [0.717, 1.165) is 27.6 Å². The molecular weight excluding hydrogens is 382 g/mol. The number of amides is 1. The van der Waals surface area contributed by atoms with E-state index in [4.69, 9.17) is 4.74 Å². The first-order valence-corrected chi connectivity index (χ1v) is 10.0. The molecule has 4 bridgehead atoms. The number of aryl methyl sites for hydroxylation is 1. The van der Waals surface area contributed by atoms with Crippen LogP contribution in [-0.4, -0.2) is 18.5 Å². The van der Waals surface area contributed by atoms with Crippen LogP contribution in [0.3, 0.4) is 0 Å². The van der Waals surface area contributed by atoms with E-state index in [-0.39, 0.29) is 24.4 Å². The molecule has 134 valence electrons. The second kappa shape index (κ2) is 6.75. The van der Waals surface area contributed by atoms with E-state index in [0.29, 0.717) is 11.8 Å². The summed E-state index contributed by atoms with van der Waals surface area (Å²) in [4.78, 5) is 24.7. The molecule has 0 unspecified atom stereocenters. The molecule has 1 N–H and O–H groups in total. The first-order valence-electron chi connectivity index (χ1n) is 9.22. The largest absolute Gasteiger partial charge is 0.455 e. The van der Waals surface area contributed by atoms with Gasteiger partial charge in [-0.15, -0.1) is 0 Å². The van der Waals surface area contributed by atoms with Crippen LogP contribution >= 0.6 is 15.9 Å². The van der Waals surface area contributed by atoms with Gasteiger partial charge >= 0.3 is 5.97 Å². The minimum absolute atomic E-state index is 0.0232. The molecule has 5 rings (SSSR count). The summed E-state index contributed by atoms with van der Waals surface area (Å²) < 4.78 is 6.37. The highest BCUT2D eigenvalue weighted by atomic mass is 79.9. The lowest BCUT2D eigenvalue weighted by atomic mass is 9.52. The molecule has 1 amide bonds. The molecule has 4 fully saturated rings. The molecule has 4 nitrogen and oxygen atoms in total. The molecule has 0 heterocycles. The summed E-state index contributed by atoms with van der Waals surface area (Å²) in [5.41, 5.74) is 1.72. The third kappa shape index (κ3) is 3.48. The van der Waals surface area contributed by atoms with Crippen LogP contribution in [0.1, 0.15) is 37.7 Å². The molecule has 0 aliphatic heterocycles. The van der Waals surface area contributed by atoms with Crippen LogP contribution in [0.2, 0.25) is 0 Å². The normalized spacial score (nSPS) is 32.5. The Hall–Kier alpha value is -1.36. The SMILES string of the molecule is Cc1cc(Br)ccc1NC(=O)COC(=O)C1C2CC3CC(C2)CC1C3. The predicted octanol–water partition coefficient (Wildman–Crippen LogP) is 4.31. The molecule has 0 aromatic heterocycles. The monoisotopic (exact) mass is 405 g/mol. The molecule has 4 saturated carbocycles. The Bertz CT molecular complexity index is 674. The Morgan fingerprint density at radius 3 is 2.36 bits per heavy atom. The number of nitrogens with one attached hydrogen (secondary N) is 1. The van der Waals surface area contributed by atoms with E-state index in [1.807, 2.05) is 25.1 Å². The second-order valence-electron chi connectivity index (χ2n) is 8.07. The number of carbonyl (C=O) groups is 2. The third-order valence-electron chi connectivity index (χ3n) is 6.31. The van der Waals surface area contributed by atoms with Crippen molar-refractivity contribution in [3.63, 3.8) is 0 Å². The zero-order valence-electron chi connectivity index (χ0n) is 14.5. The van der Waals surface area contributed by atoms with E-state index >= 15 is 0 Å². The lowest BCUT2D eigenvalue weighted by Gasteiger charge is -2.53. The lowest BCUT2D eigenvalue weighted by molar-refractivity contribution is -0.164. The number of hydrogen-bond acceptors (Lipinski definition) is 3. The summed E-state index contributed by atoms with van der Waals surface area (Å²) in [6, 6.07) is 5.66. The van der Waals surface area contributed by atoms with Gasteiger partial charge in [0.1, 0.15) is 0 Å². The molecule has 5 heteroatoms. The third-order valence-corrected chi connectivity index (χ3v) is 6.80. The highest BCUT2D eigenvalue weighted by Crippen LogP contribution is 2.56. The number of esters is 1. The van der Waals surface area contributed by atoms with Crippen molar-refractivity contribution in [3.8, 4) is 0 Å². The molecule has 0 saturated heterocycles. The molecule has 25 heavy (non-hydrogen) atoms. The fourth-order valence-electron chi connectivity index (χ4n) is 5.50. The maximum Gasteiger partial charge on any atom is 0.310 e. The van der Waals surface area contributed by atoms with Gasteiger partial charge in [-0.25, -0.2) is 0 Å². The number of anilines is 1. The summed E-state index contributed by atoms with van der Waals surface area (Å²) in [7, 11) is 0. The molecular formula is C20H24BrNO3. The topological polar surface area (TPSA) is 55.4 Å². The van der Waals surface area contributed by atoms with Crippen molar-refractivity contribution >= 4 is 33.5 Å². The molecule has 4 aliphatic carbocycles. The zero-order valence-corrected chi connectivity index (χ0v) is 16.1. The Kier molecular flexibility index (Phi) is 4.61. The van der Waals surface area contributed by atoms with Crippen molar-refractivity contribution in [1.82, 2.24) is 0 Å². The lowest BCUT2D eigenvalue weighted by Crippen LogP contribution is -2.48. The van der Waals surface area contributed by atoms with Gasteiger partial charge in [0.2, 0.25) is 0 Å². The van der Waals surface area contributed by atoms with Gasteiger partial charge in [-0.05, 0) is 86.5 Å². The number of benzene rings is 1. The minimum Gasteiger partial charge on any atom is -0.455 e. The van der Waals surface area contributed by atoms with Crippen LogP contribution in [-0.2, 0) is 14.3 Å². The van der Waals surface area contributed by atoms with Crippen molar-refractivity contribution in [3.05, 3.63) is 28.2 Å². The molecule has 1 aromatic rings.